The monoisotopic (exact) mass is 292 g/mol. The molecule has 1 saturated heterocycles. The second-order valence-electron chi connectivity index (χ2n) is 5.67. The van der Waals surface area contributed by atoms with Crippen molar-refractivity contribution in [1.29, 1.82) is 0 Å². The van der Waals surface area contributed by atoms with E-state index in [0.717, 1.165) is 31.6 Å². The van der Waals surface area contributed by atoms with Gasteiger partial charge in [0.2, 0.25) is 0 Å². The van der Waals surface area contributed by atoms with Crippen molar-refractivity contribution >= 4 is 17.3 Å². The molecule has 21 heavy (non-hydrogen) atoms. The summed E-state index contributed by atoms with van der Waals surface area (Å²) in [6.45, 7) is 5.99. The molecule has 5 nitrogen and oxygen atoms in total. The van der Waals surface area contributed by atoms with Crippen LogP contribution in [0.25, 0.3) is 0 Å². The van der Waals surface area contributed by atoms with Crippen LogP contribution in [-0.2, 0) is 9.47 Å². The Morgan fingerprint density at radius 2 is 2.24 bits per heavy atom. The van der Waals surface area contributed by atoms with Crippen LogP contribution in [0.4, 0.5) is 11.4 Å². The predicted molar refractivity (Wildman–Crippen MR) is 83.7 cm³/mol. The summed E-state index contributed by atoms with van der Waals surface area (Å²) < 4.78 is 10.7. The third-order valence-electron chi connectivity index (χ3n) is 4.05. The summed E-state index contributed by atoms with van der Waals surface area (Å²) in [6, 6.07) is 5.52. The highest BCUT2D eigenvalue weighted by atomic mass is 16.5. The minimum absolute atomic E-state index is 0.149. The zero-order chi connectivity index (χ0) is 15.5. The molecule has 0 aromatic heterocycles. The third kappa shape index (κ3) is 3.47. The van der Waals surface area contributed by atoms with Crippen LogP contribution in [0.1, 0.15) is 37.0 Å². The Bertz CT molecular complexity index is 518. The van der Waals surface area contributed by atoms with Crippen LogP contribution in [0, 0.1) is 0 Å². The molecule has 116 valence electrons. The first kappa shape index (κ1) is 15.6. The molecular formula is C16H24N2O3. The van der Waals surface area contributed by atoms with Crippen LogP contribution >= 0.6 is 0 Å². The van der Waals surface area contributed by atoms with Crippen LogP contribution in [-0.4, -0.2) is 38.4 Å². The van der Waals surface area contributed by atoms with E-state index in [1.165, 1.54) is 0 Å². The number of hydrogen-bond donors (Lipinski definition) is 1. The lowest BCUT2D eigenvalue weighted by Crippen LogP contribution is -2.47. The molecule has 1 aliphatic heterocycles. The number of hydrogen-bond acceptors (Lipinski definition) is 5. The van der Waals surface area contributed by atoms with E-state index in [0.29, 0.717) is 17.9 Å². The van der Waals surface area contributed by atoms with Crippen LogP contribution in [0.15, 0.2) is 18.2 Å². The van der Waals surface area contributed by atoms with E-state index in [4.69, 9.17) is 15.2 Å². The minimum Gasteiger partial charge on any atom is -0.462 e. The van der Waals surface area contributed by atoms with Gasteiger partial charge in [-0.05, 0) is 44.9 Å². The topological polar surface area (TPSA) is 64.8 Å². The number of carbonyl (C=O) groups is 1. The molecule has 0 saturated carbocycles. The number of nitrogens with zero attached hydrogens (tertiary/aromatic N) is 1. The minimum atomic E-state index is -0.372. The number of methoxy groups -OCH3 is 1. The summed E-state index contributed by atoms with van der Waals surface area (Å²) in [5, 5.41) is 0. The maximum atomic E-state index is 11.9. The van der Waals surface area contributed by atoms with Gasteiger partial charge in [0.25, 0.3) is 0 Å². The van der Waals surface area contributed by atoms with E-state index in [-0.39, 0.29) is 11.6 Å². The summed E-state index contributed by atoms with van der Waals surface area (Å²) in [5.41, 5.74) is 7.60. The first-order valence-corrected chi connectivity index (χ1v) is 7.36. The van der Waals surface area contributed by atoms with Crippen LogP contribution in [0.2, 0.25) is 0 Å². The molecule has 1 atom stereocenters. The summed E-state index contributed by atoms with van der Waals surface area (Å²) in [6.07, 6.45) is 2.10. The Labute approximate surface area is 126 Å². The van der Waals surface area contributed by atoms with E-state index < -0.39 is 0 Å². The Balaban J connectivity index is 2.24. The van der Waals surface area contributed by atoms with Crippen LogP contribution < -0.4 is 10.6 Å². The molecule has 0 spiro atoms. The summed E-state index contributed by atoms with van der Waals surface area (Å²) >= 11 is 0. The van der Waals surface area contributed by atoms with Gasteiger partial charge in [-0.15, -0.1) is 0 Å². The predicted octanol–water partition coefficient (Wildman–Crippen LogP) is 2.45. The molecule has 0 bridgehead atoms. The number of rotatable bonds is 4. The largest absolute Gasteiger partial charge is 0.462 e. The van der Waals surface area contributed by atoms with Crippen molar-refractivity contribution in [2.24, 2.45) is 0 Å². The van der Waals surface area contributed by atoms with Crippen LogP contribution in [0.5, 0.6) is 0 Å². The van der Waals surface area contributed by atoms with Crippen molar-refractivity contribution in [3.63, 3.8) is 0 Å². The highest BCUT2D eigenvalue weighted by Gasteiger charge is 2.31. The number of carbonyl (C=O) groups excluding carboxylic acids is 1. The highest BCUT2D eigenvalue weighted by molar-refractivity contribution is 5.96. The Morgan fingerprint density at radius 3 is 2.90 bits per heavy atom. The van der Waals surface area contributed by atoms with Gasteiger partial charge in [0.15, 0.2) is 0 Å². The normalized spacial score (nSPS) is 22.1. The van der Waals surface area contributed by atoms with Gasteiger partial charge < -0.3 is 20.1 Å². The Hall–Kier alpha value is -1.75. The molecule has 0 radical (unpaired) electrons. The van der Waals surface area contributed by atoms with Crippen molar-refractivity contribution < 1.29 is 14.3 Å². The van der Waals surface area contributed by atoms with E-state index in [1.807, 2.05) is 12.1 Å². The second-order valence-corrected chi connectivity index (χ2v) is 5.67. The number of nitrogens with two attached hydrogens (primary N) is 1. The average Bonchev–Trinajstić information content (AvgIpc) is 2.48. The smallest absolute Gasteiger partial charge is 0.340 e. The molecule has 1 aromatic rings. The average molecular weight is 292 g/mol. The molecule has 5 heteroatoms. The zero-order valence-corrected chi connectivity index (χ0v) is 13.0. The summed E-state index contributed by atoms with van der Waals surface area (Å²) in [7, 11) is 1.75. The molecule has 2 N–H and O–H groups in total. The van der Waals surface area contributed by atoms with E-state index >= 15 is 0 Å². The van der Waals surface area contributed by atoms with E-state index in [1.54, 1.807) is 20.1 Å². The van der Waals surface area contributed by atoms with Gasteiger partial charge in [0, 0.05) is 31.6 Å². The number of ether oxygens (including phenoxy) is 2. The Morgan fingerprint density at radius 1 is 1.48 bits per heavy atom. The third-order valence-corrected chi connectivity index (χ3v) is 4.05. The number of piperidine rings is 1. The molecule has 1 heterocycles. The summed E-state index contributed by atoms with van der Waals surface area (Å²) in [5.74, 6) is -0.372. The molecular weight excluding hydrogens is 268 g/mol. The zero-order valence-electron chi connectivity index (χ0n) is 13.0. The fourth-order valence-corrected chi connectivity index (χ4v) is 2.72. The molecule has 1 aliphatic rings. The van der Waals surface area contributed by atoms with E-state index in [9.17, 15) is 4.79 Å². The van der Waals surface area contributed by atoms with Gasteiger partial charge in [-0.1, -0.05) is 0 Å². The van der Waals surface area contributed by atoms with Crippen molar-refractivity contribution in [1.82, 2.24) is 0 Å². The fourth-order valence-electron chi connectivity index (χ4n) is 2.72. The van der Waals surface area contributed by atoms with Gasteiger partial charge in [-0.2, -0.15) is 0 Å². The number of esters is 1. The van der Waals surface area contributed by atoms with Gasteiger partial charge in [-0.25, -0.2) is 4.79 Å². The van der Waals surface area contributed by atoms with Crippen molar-refractivity contribution in [2.45, 2.75) is 32.3 Å². The lowest BCUT2D eigenvalue weighted by Gasteiger charge is -2.40. The number of anilines is 2. The maximum Gasteiger partial charge on any atom is 0.340 e. The van der Waals surface area contributed by atoms with Gasteiger partial charge >= 0.3 is 5.97 Å². The standard InChI is InChI=1S/C16H24N2O3/c1-4-21-15(19)13-10-12(6-7-14(13)17)18-9-5-8-16(2,11-18)20-3/h6-7,10H,4-5,8-9,11,17H2,1-3H3. The van der Waals surface area contributed by atoms with Gasteiger partial charge in [-0.3, -0.25) is 0 Å². The second kappa shape index (κ2) is 6.35. The molecule has 0 aliphatic carbocycles. The lowest BCUT2D eigenvalue weighted by molar-refractivity contribution is -0.00465. The van der Waals surface area contributed by atoms with Crippen molar-refractivity contribution in [3.05, 3.63) is 23.8 Å². The molecule has 1 fully saturated rings. The van der Waals surface area contributed by atoms with Crippen LogP contribution in [0.3, 0.4) is 0 Å². The van der Waals surface area contributed by atoms with E-state index in [2.05, 4.69) is 11.8 Å². The maximum absolute atomic E-state index is 11.9. The lowest BCUT2D eigenvalue weighted by atomic mass is 9.94. The number of benzene rings is 1. The van der Waals surface area contributed by atoms with Gasteiger partial charge in [0.1, 0.15) is 0 Å². The SMILES string of the molecule is CCOC(=O)c1cc(N2CCCC(C)(OC)C2)ccc1N. The highest BCUT2D eigenvalue weighted by Crippen LogP contribution is 2.30. The molecule has 2 rings (SSSR count). The van der Waals surface area contributed by atoms with Crippen molar-refractivity contribution in [3.8, 4) is 0 Å². The quantitative estimate of drug-likeness (QED) is 0.682. The summed E-state index contributed by atoms with van der Waals surface area (Å²) in [4.78, 5) is 14.2. The fraction of sp³-hybridized carbons (Fsp3) is 0.562. The molecule has 1 aromatic carbocycles. The molecule has 1 unspecified atom stereocenters. The molecule has 0 amide bonds. The first-order chi connectivity index (χ1) is 9.99. The Kier molecular flexibility index (Phi) is 4.73. The van der Waals surface area contributed by atoms with Gasteiger partial charge in [0.05, 0.1) is 17.8 Å². The van der Waals surface area contributed by atoms with Crippen molar-refractivity contribution in [2.75, 3.05) is 37.4 Å². The number of nitrogen functional groups attached to an aromatic ring is 1. The first-order valence-electron chi connectivity index (χ1n) is 7.36.